The molecular weight excluding hydrogens is 366 g/mol. The predicted molar refractivity (Wildman–Crippen MR) is 109 cm³/mol. The Kier molecular flexibility index (Phi) is 4.69. The summed E-state index contributed by atoms with van der Waals surface area (Å²) in [6, 6.07) is 12.2. The maximum atomic E-state index is 5.55. The molecule has 1 N–H and O–H groups in total. The highest BCUT2D eigenvalue weighted by atomic mass is 16.6. The summed E-state index contributed by atoms with van der Waals surface area (Å²) < 4.78 is 3.46. The fourth-order valence-electron chi connectivity index (χ4n) is 3.88. The smallest absolute Gasteiger partial charge is 0.196 e. The number of fused-ring (bicyclic) bond motifs is 1. The molecule has 0 radical (unpaired) electrons. The molecule has 0 amide bonds. The van der Waals surface area contributed by atoms with Crippen molar-refractivity contribution < 1.29 is 4.84 Å². The molecular formula is C21H23N7O. The Morgan fingerprint density at radius 1 is 1.24 bits per heavy atom. The third-order valence-corrected chi connectivity index (χ3v) is 5.39. The molecule has 1 aromatic carbocycles. The van der Waals surface area contributed by atoms with Gasteiger partial charge in [-0.15, -0.1) is 9.83 Å². The molecule has 4 aromatic rings. The SMILES string of the molecule is COn1c(Cc2ccccc2)nc2cc(-n3cc(C4CCCNC4)nn3)cnc21. The van der Waals surface area contributed by atoms with Crippen molar-refractivity contribution in [2.75, 3.05) is 20.2 Å². The van der Waals surface area contributed by atoms with E-state index in [0.29, 0.717) is 18.0 Å². The average molecular weight is 389 g/mol. The molecule has 1 atom stereocenters. The summed E-state index contributed by atoms with van der Waals surface area (Å²) in [6.45, 7) is 2.04. The minimum absolute atomic E-state index is 0.416. The van der Waals surface area contributed by atoms with E-state index in [4.69, 9.17) is 9.82 Å². The van der Waals surface area contributed by atoms with Crippen LogP contribution in [-0.2, 0) is 6.42 Å². The second-order valence-corrected chi connectivity index (χ2v) is 7.33. The summed E-state index contributed by atoms with van der Waals surface area (Å²) in [7, 11) is 1.63. The highest BCUT2D eigenvalue weighted by Crippen LogP contribution is 2.23. The first-order chi connectivity index (χ1) is 14.3. The molecule has 8 heteroatoms. The molecule has 0 aliphatic carbocycles. The van der Waals surface area contributed by atoms with Crippen molar-refractivity contribution in [3.8, 4) is 5.69 Å². The number of benzene rings is 1. The largest absolute Gasteiger partial charge is 0.414 e. The lowest BCUT2D eigenvalue weighted by molar-refractivity contribution is 0.168. The van der Waals surface area contributed by atoms with Crippen molar-refractivity contribution in [2.45, 2.75) is 25.2 Å². The van der Waals surface area contributed by atoms with Crippen molar-refractivity contribution >= 4 is 11.2 Å². The van der Waals surface area contributed by atoms with Gasteiger partial charge in [0.15, 0.2) is 11.5 Å². The van der Waals surface area contributed by atoms with Gasteiger partial charge in [0.25, 0.3) is 0 Å². The van der Waals surface area contributed by atoms with E-state index in [-0.39, 0.29) is 0 Å². The van der Waals surface area contributed by atoms with Crippen molar-refractivity contribution in [2.24, 2.45) is 0 Å². The van der Waals surface area contributed by atoms with E-state index in [1.165, 1.54) is 12.0 Å². The molecule has 3 aromatic heterocycles. The second kappa shape index (κ2) is 7.63. The summed E-state index contributed by atoms with van der Waals surface area (Å²) in [4.78, 5) is 14.9. The van der Waals surface area contributed by atoms with Crippen LogP contribution < -0.4 is 10.2 Å². The Labute approximate surface area is 168 Å². The van der Waals surface area contributed by atoms with E-state index in [0.717, 1.165) is 42.2 Å². The van der Waals surface area contributed by atoms with E-state index in [9.17, 15) is 0 Å². The fourth-order valence-corrected chi connectivity index (χ4v) is 3.88. The van der Waals surface area contributed by atoms with Crippen molar-refractivity contribution in [1.82, 2.24) is 35.0 Å². The predicted octanol–water partition coefficient (Wildman–Crippen LogP) is 2.13. The van der Waals surface area contributed by atoms with E-state index in [2.05, 4.69) is 32.7 Å². The second-order valence-electron chi connectivity index (χ2n) is 7.33. The van der Waals surface area contributed by atoms with Crippen LogP contribution in [0.3, 0.4) is 0 Å². The Bertz CT molecular complexity index is 1110. The molecule has 5 rings (SSSR count). The molecule has 0 spiro atoms. The van der Waals surface area contributed by atoms with Gasteiger partial charge in [-0.2, -0.15) is 0 Å². The third kappa shape index (κ3) is 3.47. The van der Waals surface area contributed by atoms with Gasteiger partial charge >= 0.3 is 0 Å². The van der Waals surface area contributed by atoms with E-state index >= 15 is 0 Å². The molecule has 1 fully saturated rings. The molecule has 1 aliphatic rings. The van der Waals surface area contributed by atoms with Crippen molar-refractivity contribution in [1.29, 1.82) is 0 Å². The van der Waals surface area contributed by atoms with Crippen LogP contribution in [0.2, 0.25) is 0 Å². The van der Waals surface area contributed by atoms with Gasteiger partial charge in [0.05, 0.1) is 23.8 Å². The first-order valence-corrected chi connectivity index (χ1v) is 9.91. The van der Waals surface area contributed by atoms with Crippen LogP contribution in [0, 0.1) is 0 Å². The van der Waals surface area contributed by atoms with Gasteiger partial charge in [-0.05, 0) is 31.0 Å². The lowest BCUT2D eigenvalue weighted by Crippen LogP contribution is -2.28. The van der Waals surface area contributed by atoms with Gasteiger partial charge in [0, 0.05) is 18.9 Å². The molecule has 1 saturated heterocycles. The lowest BCUT2D eigenvalue weighted by Gasteiger charge is -2.20. The maximum absolute atomic E-state index is 5.55. The zero-order valence-electron chi connectivity index (χ0n) is 16.3. The summed E-state index contributed by atoms with van der Waals surface area (Å²) in [5, 5.41) is 12.1. The van der Waals surface area contributed by atoms with Gasteiger partial charge < -0.3 is 10.2 Å². The number of imidazole rings is 1. The van der Waals surface area contributed by atoms with Gasteiger partial charge in [-0.3, -0.25) is 0 Å². The first-order valence-electron chi connectivity index (χ1n) is 9.91. The Morgan fingerprint density at radius 2 is 2.14 bits per heavy atom. The molecule has 29 heavy (non-hydrogen) atoms. The van der Waals surface area contributed by atoms with Crippen LogP contribution in [0.4, 0.5) is 0 Å². The van der Waals surface area contributed by atoms with Crippen LogP contribution in [0.15, 0.2) is 48.8 Å². The number of rotatable bonds is 5. The number of nitrogens with one attached hydrogen (secondary N) is 1. The lowest BCUT2D eigenvalue weighted by atomic mass is 9.97. The number of piperidine rings is 1. The van der Waals surface area contributed by atoms with Crippen molar-refractivity contribution in [3.63, 3.8) is 0 Å². The number of pyridine rings is 1. The normalized spacial score (nSPS) is 16.9. The molecule has 0 bridgehead atoms. The van der Waals surface area contributed by atoms with E-state index in [1.807, 2.05) is 30.5 Å². The first kappa shape index (κ1) is 17.8. The van der Waals surface area contributed by atoms with Crippen LogP contribution in [0.25, 0.3) is 16.9 Å². The van der Waals surface area contributed by atoms with Gasteiger partial charge in [-0.1, -0.05) is 35.5 Å². The molecule has 4 heterocycles. The standard InChI is InChI=1S/C21H23N7O/c1-29-28-20(10-15-6-3-2-4-7-15)24-18-11-17(13-23-21(18)28)27-14-19(25-26-27)16-8-5-9-22-12-16/h2-4,6-7,11,13-14,16,22H,5,8-10,12H2,1H3. The minimum atomic E-state index is 0.416. The van der Waals surface area contributed by atoms with Gasteiger partial charge in [-0.25, -0.2) is 14.6 Å². The number of nitrogens with zero attached hydrogens (tertiary/aromatic N) is 6. The Balaban J connectivity index is 1.46. The average Bonchev–Trinajstić information content (AvgIpc) is 3.39. The quantitative estimate of drug-likeness (QED) is 0.563. The van der Waals surface area contributed by atoms with E-state index < -0.39 is 0 Å². The summed E-state index contributed by atoms with van der Waals surface area (Å²) in [5.74, 6) is 1.23. The minimum Gasteiger partial charge on any atom is -0.414 e. The third-order valence-electron chi connectivity index (χ3n) is 5.39. The van der Waals surface area contributed by atoms with Crippen LogP contribution in [0.1, 0.15) is 35.8 Å². The zero-order valence-corrected chi connectivity index (χ0v) is 16.3. The molecule has 1 unspecified atom stereocenters. The van der Waals surface area contributed by atoms with Gasteiger partial charge in [0.1, 0.15) is 12.6 Å². The maximum Gasteiger partial charge on any atom is 0.196 e. The van der Waals surface area contributed by atoms with E-state index in [1.54, 1.807) is 22.7 Å². The molecule has 148 valence electrons. The fraction of sp³-hybridized carbons (Fsp3) is 0.333. The zero-order chi connectivity index (χ0) is 19.6. The Hall–Kier alpha value is -3.26. The van der Waals surface area contributed by atoms with Gasteiger partial charge in [0.2, 0.25) is 0 Å². The number of hydrogen-bond donors (Lipinski definition) is 1. The number of aromatic nitrogens is 6. The highest BCUT2D eigenvalue weighted by Gasteiger charge is 2.19. The van der Waals surface area contributed by atoms with Crippen LogP contribution in [-0.4, -0.2) is 49.9 Å². The molecule has 8 nitrogen and oxygen atoms in total. The summed E-state index contributed by atoms with van der Waals surface area (Å²) in [5.41, 5.74) is 4.49. The van der Waals surface area contributed by atoms with Crippen LogP contribution in [0.5, 0.6) is 0 Å². The highest BCUT2D eigenvalue weighted by molar-refractivity contribution is 5.73. The monoisotopic (exact) mass is 389 g/mol. The molecule has 1 aliphatic heterocycles. The molecule has 0 saturated carbocycles. The topological polar surface area (TPSA) is 82.7 Å². The van der Waals surface area contributed by atoms with Crippen LogP contribution >= 0.6 is 0 Å². The number of hydrogen-bond acceptors (Lipinski definition) is 6. The summed E-state index contributed by atoms with van der Waals surface area (Å²) in [6.07, 6.45) is 6.76. The van der Waals surface area contributed by atoms with Crippen molar-refractivity contribution in [3.05, 3.63) is 65.9 Å². The Morgan fingerprint density at radius 3 is 2.93 bits per heavy atom. The summed E-state index contributed by atoms with van der Waals surface area (Å²) >= 11 is 0.